The molecule has 0 N–H and O–H groups in total. The molecule has 1 saturated heterocycles. The average molecular weight is 370 g/mol. The smallest absolute Gasteiger partial charge is 0.168 e. The van der Waals surface area contributed by atoms with Crippen molar-refractivity contribution in [3.05, 3.63) is 46.9 Å². The first-order valence-corrected chi connectivity index (χ1v) is 9.33. The molecule has 144 valence electrons. The van der Waals surface area contributed by atoms with Gasteiger partial charge in [0.1, 0.15) is 12.4 Å². The molecule has 0 bridgehead atoms. The number of aryl methyl sites for hydroxylation is 1. The van der Waals surface area contributed by atoms with E-state index < -0.39 is 0 Å². The molecule has 0 aliphatic carbocycles. The summed E-state index contributed by atoms with van der Waals surface area (Å²) in [7, 11) is 3.46. The summed E-state index contributed by atoms with van der Waals surface area (Å²) in [5.74, 6) is 2.95. The molecular weight excluding hydrogens is 344 g/mol. The molecule has 2 aromatic rings. The zero-order chi connectivity index (χ0) is 18.8. The molecule has 6 nitrogen and oxygen atoms in total. The molecule has 1 aromatic carbocycles. The second kappa shape index (κ2) is 7.74. The van der Waals surface area contributed by atoms with Gasteiger partial charge < -0.3 is 18.7 Å². The van der Waals surface area contributed by atoms with Crippen molar-refractivity contribution in [2.24, 2.45) is 5.92 Å². The molecule has 0 saturated carbocycles. The molecule has 2 atom stereocenters. The van der Waals surface area contributed by atoms with E-state index in [0.717, 1.165) is 54.6 Å². The van der Waals surface area contributed by atoms with E-state index in [9.17, 15) is 0 Å². The summed E-state index contributed by atoms with van der Waals surface area (Å²) in [5, 5.41) is 3.99. The SMILES string of the molecule is COc1cccc2c1OCC(CN1C[C@@H](Cc3cc(C)no3)[C@@H](OC)C1)=C2. The fourth-order valence-corrected chi connectivity index (χ4v) is 4.06. The topological polar surface area (TPSA) is 57.0 Å². The molecule has 27 heavy (non-hydrogen) atoms. The fraction of sp³-hybridized carbons (Fsp3) is 0.476. The third-order valence-electron chi connectivity index (χ3n) is 5.32. The van der Waals surface area contributed by atoms with Crippen LogP contribution in [0.5, 0.6) is 11.5 Å². The fourth-order valence-electron chi connectivity index (χ4n) is 4.06. The van der Waals surface area contributed by atoms with Gasteiger partial charge in [0.05, 0.1) is 18.9 Å². The summed E-state index contributed by atoms with van der Waals surface area (Å²) in [5.41, 5.74) is 3.26. The number of benzene rings is 1. The quantitative estimate of drug-likeness (QED) is 0.779. The van der Waals surface area contributed by atoms with Crippen LogP contribution >= 0.6 is 0 Å². The van der Waals surface area contributed by atoms with Gasteiger partial charge in [-0.25, -0.2) is 0 Å². The van der Waals surface area contributed by atoms with Crippen molar-refractivity contribution in [3.63, 3.8) is 0 Å². The van der Waals surface area contributed by atoms with Crippen molar-refractivity contribution >= 4 is 6.08 Å². The molecule has 6 heteroatoms. The number of hydrogen-bond donors (Lipinski definition) is 0. The molecule has 0 spiro atoms. The van der Waals surface area contributed by atoms with E-state index in [-0.39, 0.29) is 6.10 Å². The van der Waals surface area contributed by atoms with E-state index in [1.807, 2.05) is 25.1 Å². The predicted octanol–water partition coefficient (Wildman–Crippen LogP) is 2.96. The lowest BCUT2D eigenvalue weighted by Gasteiger charge is -2.23. The van der Waals surface area contributed by atoms with Gasteiger partial charge in [-0.2, -0.15) is 0 Å². The summed E-state index contributed by atoms with van der Waals surface area (Å²) in [6, 6.07) is 8.00. The number of hydrogen-bond acceptors (Lipinski definition) is 6. The van der Waals surface area contributed by atoms with Gasteiger partial charge in [0, 0.05) is 50.7 Å². The van der Waals surface area contributed by atoms with Crippen LogP contribution in [0, 0.1) is 12.8 Å². The number of para-hydroxylation sites is 1. The van der Waals surface area contributed by atoms with Crippen molar-refractivity contribution < 1.29 is 18.7 Å². The minimum absolute atomic E-state index is 0.202. The zero-order valence-electron chi connectivity index (χ0n) is 16.1. The Morgan fingerprint density at radius 2 is 2.15 bits per heavy atom. The van der Waals surface area contributed by atoms with Gasteiger partial charge in [0.15, 0.2) is 11.5 Å². The molecule has 0 unspecified atom stereocenters. The molecule has 4 rings (SSSR count). The number of ether oxygens (including phenoxy) is 3. The molecular formula is C21H26N2O4. The highest BCUT2D eigenvalue weighted by Crippen LogP contribution is 2.36. The summed E-state index contributed by atoms with van der Waals surface area (Å²) < 4.78 is 22.5. The zero-order valence-corrected chi connectivity index (χ0v) is 16.1. The maximum atomic E-state index is 5.97. The number of methoxy groups -OCH3 is 2. The van der Waals surface area contributed by atoms with Gasteiger partial charge >= 0.3 is 0 Å². The van der Waals surface area contributed by atoms with Crippen LogP contribution in [0.25, 0.3) is 6.08 Å². The van der Waals surface area contributed by atoms with Crippen LogP contribution < -0.4 is 9.47 Å². The van der Waals surface area contributed by atoms with Gasteiger partial charge in [-0.05, 0) is 24.6 Å². The molecule has 0 amide bonds. The lowest BCUT2D eigenvalue weighted by atomic mass is 10.0. The highest BCUT2D eigenvalue weighted by molar-refractivity contribution is 5.66. The number of fused-ring (bicyclic) bond motifs is 1. The summed E-state index contributed by atoms with van der Waals surface area (Å²) in [6.45, 7) is 5.30. The van der Waals surface area contributed by atoms with Crippen molar-refractivity contribution in [1.29, 1.82) is 0 Å². The van der Waals surface area contributed by atoms with Crippen LogP contribution in [0.3, 0.4) is 0 Å². The third kappa shape index (κ3) is 3.87. The first kappa shape index (κ1) is 18.1. The van der Waals surface area contributed by atoms with Gasteiger partial charge in [-0.3, -0.25) is 4.90 Å². The van der Waals surface area contributed by atoms with Crippen molar-refractivity contribution in [1.82, 2.24) is 10.1 Å². The summed E-state index contributed by atoms with van der Waals surface area (Å²) >= 11 is 0. The Hall–Kier alpha value is -2.31. The van der Waals surface area contributed by atoms with Crippen molar-refractivity contribution in [3.8, 4) is 11.5 Å². The summed E-state index contributed by atoms with van der Waals surface area (Å²) in [4.78, 5) is 2.43. The lowest BCUT2D eigenvalue weighted by Crippen LogP contribution is -2.27. The lowest BCUT2D eigenvalue weighted by molar-refractivity contribution is 0.0768. The Bertz CT molecular complexity index is 829. The number of nitrogens with zero attached hydrogens (tertiary/aromatic N) is 2. The number of rotatable bonds is 6. The number of aromatic nitrogens is 1. The highest BCUT2D eigenvalue weighted by Gasteiger charge is 2.34. The Morgan fingerprint density at radius 3 is 2.89 bits per heavy atom. The first-order chi connectivity index (χ1) is 13.2. The third-order valence-corrected chi connectivity index (χ3v) is 5.32. The van der Waals surface area contributed by atoms with Crippen LogP contribution in [0.2, 0.25) is 0 Å². The molecule has 1 fully saturated rings. The van der Waals surface area contributed by atoms with Crippen LogP contribution in [0.1, 0.15) is 17.0 Å². The van der Waals surface area contributed by atoms with Crippen molar-refractivity contribution in [2.45, 2.75) is 19.4 Å². The maximum Gasteiger partial charge on any atom is 0.168 e. The van der Waals surface area contributed by atoms with Crippen LogP contribution in [0.15, 0.2) is 34.4 Å². The normalized spacial score (nSPS) is 22.3. The van der Waals surface area contributed by atoms with E-state index in [2.05, 4.69) is 22.2 Å². The molecule has 2 aliphatic heterocycles. The minimum Gasteiger partial charge on any atom is -0.493 e. The first-order valence-electron chi connectivity index (χ1n) is 9.33. The van der Waals surface area contributed by atoms with Gasteiger partial charge in [-0.15, -0.1) is 0 Å². The second-order valence-corrected chi connectivity index (χ2v) is 7.34. The van der Waals surface area contributed by atoms with Crippen LogP contribution in [0.4, 0.5) is 0 Å². The Morgan fingerprint density at radius 1 is 1.26 bits per heavy atom. The molecule has 2 aliphatic rings. The Kier molecular flexibility index (Phi) is 5.18. The minimum atomic E-state index is 0.202. The molecule has 1 aromatic heterocycles. The van der Waals surface area contributed by atoms with Crippen molar-refractivity contribution in [2.75, 3.05) is 40.5 Å². The van der Waals surface area contributed by atoms with E-state index in [1.165, 1.54) is 5.57 Å². The largest absolute Gasteiger partial charge is 0.493 e. The van der Waals surface area contributed by atoms with E-state index in [1.54, 1.807) is 14.2 Å². The predicted molar refractivity (Wildman–Crippen MR) is 102 cm³/mol. The molecule has 3 heterocycles. The molecule has 0 radical (unpaired) electrons. The Balaban J connectivity index is 1.43. The van der Waals surface area contributed by atoms with Gasteiger partial charge in [0.25, 0.3) is 0 Å². The monoisotopic (exact) mass is 370 g/mol. The standard InChI is InChI=1S/C21H26N2O4/c1-14-7-18(27-22-14)9-17-11-23(12-20(17)25-3)10-15-8-16-5-4-6-19(24-2)21(16)26-13-15/h4-8,17,20H,9-13H2,1-3H3/t17-,20+/m1/s1. The Labute approximate surface area is 159 Å². The average Bonchev–Trinajstić information content (AvgIpc) is 3.26. The van der Waals surface area contributed by atoms with E-state index in [0.29, 0.717) is 12.5 Å². The van der Waals surface area contributed by atoms with Crippen LogP contribution in [-0.4, -0.2) is 56.6 Å². The van der Waals surface area contributed by atoms with Gasteiger partial charge in [0.2, 0.25) is 0 Å². The second-order valence-electron chi connectivity index (χ2n) is 7.34. The van der Waals surface area contributed by atoms with E-state index >= 15 is 0 Å². The maximum absolute atomic E-state index is 5.97. The number of likely N-dealkylation sites (tertiary alicyclic amines) is 1. The van der Waals surface area contributed by atoms with Crippen LogP contribution in [-0.2, 0) is 11.2 Å². The highest BCUT2D eigenvalue weighted by atomic mass is 16.5. The van der Waals surface area contributed by atoms with Gasteiger partial charge in [-0.1, -0.05) is 17.3 Å². The van der Waals surface area contributed by atoms with E-state index in [4.69, 9.17) is 18.7 Å². The summed E-state index contributed by atoms with van der Waals surface area (Å²) in [6.07, 6.45) is 3.27.